The molecule has 0 bridgehead atoms. The zero-order valence-corrected chi connectivity index (χ0v) is 10.8. The maximum absolute atomic E-state index is 12.0. The first kappa shape index (κ1) is 12.3. The Morgan fingerprint density at radius 1 is 1.47 bits per heavy atom. The molecule has 2 heterocycles. The van der Waals surface area contributed by atoms with Gasteiger partial charge in [-0.2, -0.15) is 0 Å². The molecule has 2 N–H and O–H groups in total. The Morgan fingerprint density at radius 2 is 2.18 bits per heavy atom. The lowest BCUT2D eigenvalue weighted by Crippen LogP contribution is -2.50. The SMILES string of the molecule is NC(=S)CN1CCN(C(=O)c2cnns2)CC1. The van der Waals surface area contributed by atoms with Gasteiger partial charge in [0.05, 0.1) is 11.2 Å². The van der Waals surface area contributed by atoms with Crippen molar-refractivity contribution in [1.29, 1.82) is 0 Å². The first-order valence-electron chi connectivity index (χ1n) is 5.24. The second kappa shape index (κ2) is 5.48. The summed E-state index contributed by atoms with van der Waals surface area (Å²) in [6.45, 7) is 3.61. The standard InChI is InChI=1S/C9H13N5OS2/c10-8(16)6-13-1-3-14(4-2-13)9(15)7-5-11-12-17-7/h5H,1-4,6H2,(H2,10,16). The van der Waals surface area contributed by atoms with E-state index in [-0.39, 0.29) is 5.91 Å². The molecular weight excluding hydrogens is 258 g/mol. The van der Waals surface area contributed by atoms with E-state index >= 15 is 0 Å². The van der Waals surface area contributed by atoms with E-state index in [4.69, 9.17) is 18.0 Å². The number of amides is 1. The molecule has 0 aromatic carbocycles. The van der Waals surface area contributed by atoms with Crippen molar-refractivity contribution in [2.75, 3.05) is 32.7 Å². The zero-order chi connectivity index (χ0) is 12.3. The molecule has 0 atom stereocenters. The van der Waals surface area contributed by atoms with Crippen molar-refractivity contribution < 1.29 is 4.79 Å². The van der Waals surface area contributed by atoms with Gasteiger partial charge in [-0.1, -0.05) is 16.7 Å². The number of hydrogen-bond donors (Lipinski definition) is 1. The van der Waals surface area contributed by atoms with E-state index in [1.54, 1.807) is 0 Å². The Balaban J connectivity index is 1.87. The summed E-state index contributed by atoms with van der Waals surface area (Å²) >= 11 is 5.99. The highest BCUT2D eigenvalue weighted by Gasteiger charge is 2.23. The fourth-order valence-electron chi connectivity index (χ4n) is 1.75. The van der Waals surface area contributed by atoms with E-state index in [0.29, 0.717) is 29.5 Å². The Kier molecular flexibility index (Phi) is 3.97. The Labute approximate surface area is 109 Å². The van der Waals surface area contributed by atoms with Gasteiger partial charge >= 0.3 is 0 Å². The van der Waals surface area contributed by atoms with Crippen molar-refractivity contribution in [3.05, 3.63) is 11.1 Å². The number of rotatable bonds is 3. The summed E-state index contributed by atoms with van der Waals surface area (Å²) in [4.78, 5) is 17.0. The van der Waals surface area contributed by atoms with E-state index in [1.165, 1.54) is 6.20 Å². The highest BCUT2D eigenvalue weighted by atomic mass is 32.1. The van der Waals surface area contributed by atoms with Crippen molar-refractivity contribution in [2.45, 2.75) is 0 Å². The molecule has 1 fully saturated rings. The molecule has 1 saturated heterocycles. The van der Waals surface area contributed by atoms with Crippen LogP contribution in [-0.4, -0.2) is 63.0 Å². The molecule has 0 aliphatic carbocycles. The lowest BCUT2D eigenvalue weighted by molar-refractivity contribution is 0.0659. The molecular formula is C9H13N5OS2. The van der Waals surface area contributed by atoms with E-state index < -0.39 is 0 Å². The highest BCUT2D eigenvalue weighted by Crippen LogP contribution is 2.10. The third-order valence-electron chi connectivity index (χ3n) is 2.61. The van der Waals surface area contributed by atoms with Crippen LogP contribution in [0.25, 0.3) is 0 Å². The number of piperazine rings is 1. The van der Waals surface area contributed by atoms with Gasteiger partial charge in [0.2, 0.25) is 0 Å². The highest BCUT2D eigenvalue weighted by molar-refractivity contribution is 7.80. The van der Waals surface area contributed by atoms with Gasteiger partial charge in [-0.15, -0.1) is 5.10 Å². The van der Waals surface area contributed by atoms with Crippen molar-refractivity contribution >= 4 is 34.6 Å². The molecule has 2 rings (SSSR count). The number of carbonyl (C=O) groups excluding carboxylic acids is 1. The van der Waals surface area contributed by atoms with Gasteiger partial charge in [0.25, 0.3) is 5.91 Å². The molecule has 8 heteroatoms. The van der Waals surface area contributed by atoms with Crippen LogP contribution in [0.4, 0.5) is 0 Å². The van der Waals surface area contributed by atoms with Crippen LogP contribution in [0.1, 0.15) is 9.67 Å². The van der Waals surface area contributed by atoms with Crippen molar-refractivity contribution in [3.63, 3.8) is 0 Å². The monoisotopic (exact) mass is 271 g/mol. The second-order valence-corrected chi connectivity index (χ2v) is 5.13. The fraction of sp³-hybridized carbons (Fsp3) is 0.556. The maximum atomic E-state index is 12.0. The number of carbonyl (C=O) groups is 1. The Hall–Kier alpha value is -1.12. The van der Waals surface area contributed by atoms with Crippen LogP contribution >= 0.6 is 23.8 Å². The molecule has 0 unspecified atom stereocenters. The van der Waals surface area contributed by atoms with Crippen LogP contribution in [0.5, 0.6) is 0 Å². The third-order valence-corrected chi connectivity index (χ3v) is 3.39. The minimum atomic E-state index is 0.00924. The summed E-state index contributed by atoms with van der Waals surface area (Å²) in [5.41, 5.74) is 5.49. The quantitative estimate of drug-likeness (QED) is 0.753. The number of thiocarbonyl (C=S) groups is 1. The number of aromatic nitrogens is 2. The average molecular weight is 271 g/mol. The minimum absolute atomic E-state index is 0.00924. The zero-order valence-electron chi connectivity index (χ0n) is 9.20. The summed E-state index contributed by atoms with van der Waals surface area (Å²) in [5, 5.41) is 3.67. The van der Waals surface area contributed by atoms with Gasteiger partial charge in [0.1, 0.15) is 4.88 Å². The number of hydrogen-bond acceptors (Lipinski definition) is 6. The minimum Gasteiger partial charge on any atom is -0.392 e. The number of nitrogens with two attached hydrogens (primary N) is 1. The number of nitrogens with zero attached hydrogens (tertiary/aromatic N) is 4. The molecule has 1 aromatic heterocycles. The molecule has 17 heavy (non-hydrogen) atoms. The van der Waals surface area contributed by atoms with Gasteiger partial charge in [-0.05, 0) is 11.5 Å². The van der Waals surface area contributed by atoms with Gasteiger partial charge in [-0.3, -0.25) is 9.69 Å². The molecule has 1 amide bonds. The van der Waals surface area contributed by atoms with Crippen molar-refractivity contribution in [2.24, 2.45) is 5.73 Å². The summed E-state index contributed by atoms with van der Waals surface area (Å²) in [6, 6.07) is 0. The van der Waals surface area contributed by atoms with E-state index in [9.17, 15) is 4.79 Å². The van der Waals surface area contributed by atoms with Crippen LogP contribution in [0.3, 0.4) is 0 Å². The van der Waals surface area contributed by atoms with Crippen LogP contribution in [-0.2, 0) is 0 Å². The Bertz CT molecular complexity index is 400. The smallest absolute Gasteiger partial charge is 0.267 e. The van der Waals surface area contributed by atoms with Gasteiger partial charge in [0, 0.05) is 32.7 Å². The molecule has 0 saturated carbocycles. The summed E-state index contributed by atoms with van der Waals surface area (Å²) in [6.07, 6.45) is 1.51. The lowest BCUT2D eigenvalue weighted by atomic mass is 10.3. The van der Waals surface area contributed by atoms with E-state index in [2.05, 4.69) is 14.5 Å². The summed E-state index contributed by atoms with van der Waals surface area (Å²) in [5.74, 6) is 0.00924. The molecule has 92 valence electrons. The van der Waals surface area contributed by atoms with Gasteiger partial charge < -0.3 is 10.6 Å². The first-order valence-corrected chi connectivity index (χ1v) is 6.42. The van der Waals surface area contributed by atoms with E-state index in [0.717, 1.165) is 24.6 Å². The molecule has 0 radical (unpaired) electrons. The first-order chi connectivity index (χ1) is 8.16. The van der Waals surface area contributed by atoms with Crippen molar-refractivity contribution in [3.8, 4) is 0 Å². The molecule has 1 aliphatic heterocycles. The molecule has 1 aromatic rings. The largest absolute Gasteiger partial charge is 0.392 e. The maximum Gasteiger partial charge on any atom is 0.267 e. The third kappa shape index (κ3) is 3.18. The van der Waals surface area contributed by atoms with Crippen LogP contribution in [0, 0.1) is 0 Å². The fourth-order valence-corrected chi connectivity index (χ4v) is 2.41. The van der Waals surface area contributed by atoms with Gasteiger partial charge in [-0.25, -0.2) is 0 Å². The summed E-state index contributed by atoms with van der Waals surface area (Å²) < 4.78 is 3.69. The van der Waals surface area contributed by atoms with Crippen LogP contribution in [0.15, 0.2) is 6.20 Å². The lowest BCUT2D eigenvalue weighted by Gasteiger charge is -2.34. The summed E-state index contributed by atoms with van der Waals surface area (Å²) in [7, 11) is 0. The predicted octanol–water partition coefficient (Wildman–Crippen LogP) is -0.418. The molecule has 6 nitrogen and oxygen atoms in total. The average Bonchev–Trinajstić information content (AvgIpc) is 2.82. The normalized spacial score (nSPS) is 17.1. The van der Waals surface area contributed by atoms with Crippen LogP contribution < -0.4 is 5.73 Å². The van der Waals surface area contributed by atoms with E-state index in [1.807, 2.05) is 4.90 Å². The Morgan fingerprint density at radius 3 is 2.71 bits per heavy atom. The van der Waals surface area contributed by atoms with Crippen LogP contribution in [0.2, 0.25) is 0 Å². The van der Waals surface area contributed by atoms with Gasteiger partial charge in [0.15, 0.2) is 0 Å². The van der Waals surface area contributed by atoms with Crippen molar-refractivity contribution in [1.82, 2.24) is 19.4 Å². The predicted molar refractivity (Wildman–Crippen MR) is 69.0 cm³/mol. The molecule has 0 spiro atoms. The second-order valence-electron chi connectivity index (χ2n) is 3.82. The topological polar surface area (TPSA) is 75.3 Å². The molecule has 1 aliphatic rings.